The molecule has 1 fully saturated rings. The Morgan fingerprint density at radius 1 is 1.43 bits per heavy atom. The third kappa shape index (κ3) is 3.03. The average Bonchev–Trinajstić information content (AvgIpc) is 2.64. The molecule has 0 aromatic rings. The van der Waals surface area contributed by atoms with Gasteiger partial charge in [0.15, 0.2) is 0 Å². The molecule has 0 aromatic carbocycles. The average molecular weight is 193 g/mol. The maximum Gasteiger partial charge on any atom is 0.0240 e. The SMILES string of the molecule is C#CCC(CC)NC1CCCC1CC. The molecule has 1 rings (SSSR count). The topological polar surface area (TPSA) is 12.0 Å². The van der Waals surface area contributed by atoms with Crippen LogP contribution in [-0.4, -0.2) is 12.1 Å². The fourth-order valence-corrected chi connectivity index (χ4v) is 2.51. The molecule has 1 N–H and O–H groups in total. The molecule has 1 saturated carbocycles. The minimum atomic E-state index is 0.539. The van der Waals surface area contributed by atoms with Crippen molar-refractivity contribution in [3.63, 3.8) is 0 Å². The predicted octanol–water partition coefficient (Wildman–Crippen LogP) is 2.96. The van der Waals surface area contributed by atoms with Crippen LogP contribution in [0.4, 0.5) is 0 Å². The number of nitrogens with one attached hydrogen (secondary N) is 1. The maximum atomic E-state index is 5.36. The van der Waals surface area contributed by atoms with E-state index in [0.29, 0.717) is 6.04 Å². The smallest absolute Gasteiger partial charge is 0.0240 e. The summed E-state index contributed by atoms with van der Waals surface area (Å²) in [6.07, 6.45) is 12.8. The lowest BCUT2D eigenvalue weighted by atomic mass is 9.99. The standard InChI is InChI=1S/C13H23N/c1-4-8-12(6-3)14-13-10-7-9-11(13)5-2/h1,11-14H,5-10H2,2-3H3. The highest BCUT2D eigenvalue weighted by molar-refractivity contribution is 4.92. The Hall–Kier alpha value is -0.480. The first-order valence-corrected chi connectivity index (χ1v) is 6.01. The number of rotatable bonds is 5. The lowest BCUT2D eigenvalue weighted by Gasteiger charge is -2.24. The molecular formula is C13H23N. The highest BCUT2D eigenvalue weighted by Gasteiger charge is 2.26. The Labute approximate surface area is 88.7 Å². The lowest BCUT2D eigenvalue weighted by Crippen LogP contribution is -2.39. The van der Waals surface area contributed by atoms with Gasteiger partial charge in [0, 0.05) is 18.5 Å². The second kappa shape index (κ2) is 6.09. The molecule has 0 spiro atoms. The summed E-state index contributed by atoms with van der Waals surface area (Å²) < 4.78 is 0. The summed E-state index contributed by atoms with van der Waals surface area (Å²) in [4.78, 5) is 0. The van der Waals surface area contributed by atoms with Crippen molar-refractivity contribution >= 4 is 0 Å². The van der Waals surface area contributed by atoms with E-state index >= 15 is 0 Å². The van der Waals surface area contributed by atoms with Gasteiger partial charge in [0.2, 0.25) is 0 Å². The van der Waals surface area contributed by atoms with Crippen LogP contribution in [-0.2, 0) is 0 Å². The number of hydrogen-bond acceptors (Lipinski definition) is 1. The van der Waals surface area contributed by atoms with Crippen molar-refractivity contribution in [2.45, 2.75) is 64.5 Å². The van der Waals surface area contributed by atoms with Gasteiger partial charge in [0.25, 0.3) is 0 Å². The van der Waals surface area contributed by atoms with E-state index in [2.05, 4.69) is 25.1 Å². The van der Waals surface area contributed by atoms with E-state index in [0.717, 1.165) is 24.8 Å². The van der Waals surface area contributed by atoms with Crippen LogP contribution in [0.5, 0.6) is 0 Å². The molecule has 14 heavy (non-hydrogen) atoms. The summed E-state index contributed by atoms with van der Waals surface area (Å²) >= 11 is 0. The third-order valence-electron chi connectivity index (χ3n) is 3.49. The lowest BCUT2D eigenvalue weighted by molar-refractivity contribution is 0.344. The Balaban J connectivity index is 2.37. The summed E-state index contributed by atoms with van der Waals surface area (Å²) in [5.41, 5.74) is 0. The first kappa shape index (κ1) is 11.6. The van der Waals surface area contributed by atoms with Crippen LogP contribution in [0.1, 0.15) is 52.4 Å². The van der Waals surface area contributed by atoms with E-state index in [1.165, 1.54) is 25.7 Å². The van der Waals surface area contributed by atoms with E-state index in [1.54, 1.807) is 0 Å². The zero-order valence-electron chi connectivity index (χ0n) is 9.55. The van der Waals surface area contributed by atoms with Crippen LogP contribution in [0.25, 0.3) is 0 Å². The van der Waals surface area contributed by atoms with Crippen molar-refractivity contribution < 1.29 is 0 Å². The summed E-state index contributed by atoms with van der Waals surface area (Å²) in [5, 5.41) is 3.73. The van der Waals surface area contributed by atoms with Crippen LogP contribution < -0.4 is 5.32 Å². The van der Waals surface area contributed by atoms with E-state index in [1.807, 2.05) is 0 Å². The van der Waals surface area contributed by atoms with Crippen molar-refractivity contribution in [1.82, 2.24) is 5.32 Å². The Kier molecular flexibility index (Phi) is 5.04. The zero-order valence-corrected chi connectivity index (χ0v) is 9.55. The predicted molar refractivity (Wildman–Crippen MR) is 62.1 cm³/mol. The van der Waals surface area contributed by atoms with Gasteiger partial charge >= 0.3 is 0 Å². The van der Waals surface area contributed by atoms with Gasteiger partial charge in [-0.2, -0.15) is 0 Å². The highest BCUT2D eigenvalue weighted by Crippen LogP contribution is 2.28. The van der Waals surface area contributed by atoms with Gasteiger partial charge in [0.05, 0.1) is 0 Å². The van der Waals surface area contributed by atoms with Crippen molar-refractivity contribution in [3.8, 4) is 12.3 Å². The van der Waals surface area contributed by atoms with Crippen molar-refractivity contribution in [2.75, 3.05) is 0 Å². The van der Waals surface area contributed by atoms with Crippen molar-refractivity contribution in [3.05, 3.63) is 0 Å². The second-order valence-electron chi connectivity index (χ2n) is 4.39. The van der Waals surface area contributed by atoms with Crippen molar-refractivity contribution in [2.24, 2.45) is 5.92 Å². The van der Waals surface area contributed by atoms with Crippen LogP contribution in [0.15, 0.2) is 0 Å². The molecule has 1 heteroatoms. The molecule has 0 bridgehead atoms. The summed E-state index contributed by atoms with van der Waals surface area (Å²) in [7, 11) is 0. The Bertz CT molecular complexity index is 192. The fraction of sp³-hybridized carbons (Fsp3) is 0.846. The molecule has 0 heterocycles. The minimum absolute atomic E-state index is 0.539. The van der Waals surface area contributed by atoms with E-state index in [4.69, 9.17) is 6.42 Å². The second-order valence-corrected chi connectivity index (χ2v) is 4.39. The first-order valence-electron chi connectivity index (χ1n) is 6.01. The van der Waals surface area contributed by atoms with Gasteiger partial charge in [-0.15, -0.1) is 12.3 Å². The Morgan fingerprint density at radius 3 is 2.79 bits per heavy atom. The Morgan fingerprint density at radius 2 is 2.21 bits per heavy atom. The molecular weight excluding hydrogens is 170 g/mol. The molecule has 80 valence electrons. The van der Waals surface area contributed by atoms with Gasteiger partial charge in [-0.3, -0.25) is 0 Å². The molecule has 0 amide bonds. The van der Waals surface area contributed by atoms with Gasteiger partial charge in [-0.1, -0.05) is 26.7 Å². The van der Waals surface area contributed by atoms with E-state index in [-0.39, 0.29) is 0 Å². The zero-order chi connectivity index (χ0) is 10.4. The van der Waals surface area contributed by atoms with Crippen LogP contribution >= 0.6 is 0 Å². The number of hydrogen-bond donors (Lipinski definition) is 1. The van der Waals surface area contributed by atoms with E-state index in [9.17, 15) is 0 Å². The van der Waals surface area contributed by atoms with Gasteiger partial charge in [-0.05, 0) is 25.2 Å². The van der Waals surface area contributed by atoms with Gasteiger partial charge in [-0.25, -0.2) is 0 Å². The first-order chi connectivity index (χ1) is 6.81. The quantitative estimate of drug-likeness (QED) is 0.662. The summed E-state index contributed by atoms with van der Waals surface area (Å²) in [5.74, 6) is 3.65. The molecule has 0 aromatic heterocycles. The van der Waals surface area contributed by atoms with Gasteiger partial charge < -0.3 is 5.32 Å². The van der Waals surface area contributed by atoms with Crippen molar-refractivity contribution in [1.29, 1.82) is 0 Å². The normalized spacial score (nSPS) is 28.6. The van der Waals surface area contributed by atoms with Crippen LogP contribution in [0.3, 0.4) is 0 Å². The summed E-state index contributed by atoms with van der Waals surface area (Å²) in [6, 6.07) is 1.27. The maximum absolute atomic E-state index is 5.36. The fourth-order valence-electron chi connectivity index (χ4n) is 2.51. The molecule has 3 atom stereocenters. The van der Waals surface area contributed by atoms with Crippen LogP contribution in [0, 0.1) is 18.3 Å². The molecule has 0 aliphatic heterocycles. The molecule has 3 unspecified atom stereocenters. The molecule has 0 saturated heterocycles. The molecule has 1 aliphatic rings. The molecule has 1 nitrogen and oxygen atoms in total. The number of terminal acetylenes is 1. The third-order valence-corrected chi connectivity index (χ3v) is 3.49. The monoisotopic (exact) mass is 193 g/mol. The summed E-state index contributed by atoms with van der Waals surface area (Å²) in [6.45, 7) is 4.51. The van der Waals surface area contributed by atoms with Crippen LogP contribution in [0.2, 0.25) is 0 Å². The molecule has 1 aliphatic carbocycles. The van der Waals surface area contributed by atoms with Gasteiger partial charge in [0.1, 0.15) is 0 Å². The molecule has 0 radical (unpaired) electrons. The van der Waals surface area contributed by atoms with E-state index < -0.39 is 0 Å². The highest BCUT2D eigenvalue weighted by atomic mass is 15.0. The largest absolute Gasteiger partial charge is 0.310 e. The minimum Gasteiger partial charge on any atom is -0.310 e.